The first-order valence-corrected chi connectivity index (χ1v) is 11.3. The highest BCUT2D eigenvalue weighted by Crippen LogP contribution is 2.30. The molecule has 1 atom stereocenters. The SMILES string of the molecule is CC(C)c1ccc(-c2cccc(C(=O)c3ccc(OP)cc3)c2)c(C(=O)c2ccccc2)c1. The monoisotopic (exact) mass is 452 g/mol. The second-order valence-electron chi connectivity index (χ2n) is 8.21. The van der Waals surface area contributed by atoms with E-state index in [4.69, 9.17) is 4.52 Å². The van der Waals surface area contributed by atoms with Crippen molar-refractivity contribution in [3.05, 3.63) is 125 Å². The molecule has 0 N–H and O–H groups in total. The van der Waals surface area contributed by atoms with Gasteiger partial charge in [0.15, 0.2) is 11.6 Å². The molecule has 0 saturated heterocycles. The van der Waals surface area contributed by atoms with Gasteiger partial charge in [-0.25, -0.2) is 0 Å². The minimum absolute atomic E-state index is 0.0298. The summed E-state index contributed by atoms with van der Waals surface area (Å²) in [5, 5.41) is 0. The molecular weight excluding hydrogens is 427 g/mol. The lowest BCUT2D eigenvalue weighted by Crippen LogP contribution is -2.06. The fourth-order valence-corrected chi connectivity index (χ4v) is 3.94. The van der Waals surface area contributed by atoms with Gasteiger partial charge in [0.2, 0.25) is 0 Å². The van der Waals surface area contributed by atoms with Gasteiger partial charge in [0.05, 0.1) is 9.47 Å². The highest BCUT2D eigenvalue weighted by atomic mass is 31.0. The van der Waals surface area contributed by atoms with Crippen LogP contribution in [0.2, 0.25) is 0 Å². The first-order chi connectivity index (χ1) is 16.0. The molecule has 33 heavy (non-hydrogen) atoms. The molecule has 0 radical (unpaired) electrons. The van der Waals surface area contributed by atoms with Crippen molar-refractivity contribution >= 4 is 21.0 Å². The van der Waals surface area contributed by atoms with E-state index in [0.717, 1.165) is 16.7 Å². The van der Waals surface area contributed by atoms with Crippen LogP contribution in [-0.2, 0) is 0 Å². The predicted octanol–water partition coefficient (Wildman–Crippen LogP) is 7.11. The minimum Gasteiger partial charge on any atom is -0.480 e. The van der Waals surface area contributed by atoms with Crippen molar-refractivity contribution in [3.63, 3.8) is 0 Å². The Hall–Kier alpha value is -3.55. The molecule has 0 aliphatic rings. The van der Waals surface area contributed by atoms with Crippen LogP contribution in [0.25, 0.3) is 11.1 Å². The minimum atomic E-state index is -0.0816. The molecule has 0 heterocycles. The predicted molar refractivity (Wildman–Crippen MR) is 136 cm³/mol. The van der Waals surface area contributed by atoms with Gasteiger partial charge in [-0.1, -0.05) is 74.5 Å². The molecule has 1 unspecified atom stereocenters. The van der Waals surface area contributed by atoms with E-state index in [-0.39, 0.29) is 11.6 Å². The molecule has 0 aliphatic carbocycles. The summed E-state index contributed by atoms with van der Waals surface area (Å²) in [6, 6.07) is 29.8. The summed E-state index contributed by atoms with van der Waals surface area (Å²) in [6.07, 6.45) is 0. The molecule has 4 aromatic carbocycles. The largest absolute Gasteiger partial charge is 0.480 e. The lowest BCUT2D eigenvalue weighted by Gasteiger charge is -2.14. The molecule has 0 aromatic heterocycles. The van der Waals surface area contributed by atoms with Gasteiger partial charge in [-0.3, -0.25) is 9.59 Å². The lowest BCUT2D eigenvalue weighted by molar-refractivity contribution is 0.103. The van der Waals surface area contributed by atoms with Gasteiger partial charge in [0.25, 0.3) is 0 Å². The van der Waals surface area contributed by atoms with Crippen molar-refractivity contribution in [1.29, 1.82) is 0 Å². The van der Waals surface area contributed by atoms with Crippen molar-refractivity contribution in [3.8, 4) is 16.9 Å². The van der Waals surface area contributed by atoms with E-state index in [2.05, 4.69) is 29.4 Å². The Kier molecular flexibility index (Phi) is 6.82. The summed E-state index contributed by atoms with van der Waals surface area (Å²) in [6.45, 7) is 4.22. The molecule has 0 bridgehead atoms. The zero-order valence-electron chi connectivity index (χ0n) is 18.6. The quantitative estimate of drug-likeness (QED) is 0.222. The Morgan fingerprint density at radius 1 is 0.697 bits per heavy atom. The molecule has 0 spiro atoms. The number of carbonyl (C=O) groups excluding carboxylic acids is 2. The topological polar surface area (TPSA) is 43.4 Å². The molecule has 4 aromatic rings. The van der Waals surface area contributed by atoms with Crippen molar-refractivity contribution in [2.75, 3.05) is 0 Å². The average molecular weight is 452 g/mol. The number of carbonyl (C=O) groups is 2. The molecule has 4 heteroatoms. The molecule has 0 amide bonds. The third kappa shape index (κ3) is 4.94. The van der Waals surface area contributed by atoms with Gasteiger partial charge >= 0.3 is 0 Å². The first-order valence-electron chi connectivity index (χ1n) is 10.8. The van der Waals surface area contributed by atoms with E-state index in [0.29, 0.717) is 33.9 Å². The molecule has 0 saturated carbocycles. The number of hydrogen-bond acceptors (Lipinski definition) is 3. The van der Waals surface area contributed by atoms with Crippen molar-refractivity contribution < 1.29 is 14.1 Å². The molecule has 3 nitrogen and oxygen atoms in total. The molecule has 0 aliphatic heterocycles. The summed E-state index contributed by atoms with van der Waals surface area (Å²) >= 11 is 0. The third-order valence-corrected chi connectivity index (χ3v) is 5.95. The van der Waals surface area contributed by atoms with Crippen LogP contribution in [0.15, 0.2) is 97.1 Å². The van der Waals surface area contributed by atoms with Crippen LogP contribution < -0.4 is 4.52 Å². The summed E-state index contributed by atoms with van der Waals surface area (Å²) in [5.74, 6) is 0.849. The maximum absolute atomic E-state index is 13.4. The maximum Gasteiger partial charge on any atom is 0.193 e. The Bertz CT molecular complexity index is 1290. The van der Waals surface area contributed by atoms with Crippen LogP contribution in [0.3, 0.4) is 0 Å². The fraction of sp³-hybridized carbons (Fsp3) is 0.103. The zero-order chi connectivity index (χ0) is 23.4. The van der Waals surface area contributed by atoms with E-state index >= 15 is 0 Å². The van der Waals surface area contributed by atoms with Crippen LogP contribution >= 0.6 is 9.47 Å². The van der Waals surface area contributed by atoms with Gasteiger partial charge in [0.1, 0.15) is 5.75 Å². The summed E-state index contributed by atoms with van der Waals surface area (Å²) < 4.78 is 5.10. The van der Waals surface area contributed by atoms with Gasteiger partial charge in [-0.05, 0) is 59.0 Å². The van der Waals surface area contributed by atoms with Gasteiger partial charge in [-0.15, -0.1) is 0 Å². The molecular formula is C29H25O3P. The average Bonchev–Trinajstić information content (AvgIpc) is 2.88. The Labute approximate surface area is 196 Å². The second kappa shape index (κ2) is 9.94. The summed E-state index contributed by atoms with van der Waals surface area (Å²) in [4.78, 5) is 26.5. The zero-order valence-corrected chi connectivity index (χ0v) is 19.8. The Morgan fingerprint density at radius 3 is 2.03 bits per heavy atom. The van der Waals surface area contributed by atoms with Crippen molar-refractivity contribution in [2.24, 2.45) is 0 Å². The number of rotatable bonds is 7. The normalized spacial score (nSPS) is 10.8. The van der Waals surface area contributed by atoms with Crippen LogP contribution in [0.1, 0.15) is 57.2 Å². The lowest BCUT2D eigenvalue weighted by atomic mass is 9.89. The second-order valence-corrected chi connectivity index (χ2v) is 8.44. The van der Waals surface area contributed by atoms with E-state index in [1.54, 1.807) is 30.3 Å². The molecule has 164 valence electrons. The van der Waals surface area contributed by atoms with Gasteiger partial charge in [0, 0.05) is 22.3 Å². The fourth-order valence-electron chi connectivity index (χ4n) is 3.79. The van der Waals surface area contributed by atoms with Crippen LogP contribution in [0, 0.1) is 0 Å². The highest BCUT2D eigenvalue weighted by molar-refractivity contribution is 7.10. The van der Waals surface area contributed by atoms with E-state index < -0.39 is 0 Å². The standard InChI is InChI=1S/C29H25O3P/c1-19(2)22-13-16-26(27(18-22)29(31)20-7-4-3-5-8-20)23-9-6-10-24(17-23)28(30)21-11-14-25(32-33)15-12-21/h3-19H,33H2,1-2H3. The Morgan fingerprint density at radius 2 is 1.36 bits per heavy atom. The maximum atomic E-state index is 13.4. The van der Waals surface area contributed by atoms with Crippen molar-refractivity contribution in [2.45, 2.75) is 19.8 Å². The van der Waals surface area contributed by atoms with E-state index in [1.807, 2.05) is 60.7 Å². The molecule has 4 rings (SSSR count). The van der Waals surface area contributed by atoms with Crippen LogP contribution in [0.5, 0.6) is 5.75 Å². The Balaban J connectivity index is 1.77. The summed E-state index contributed by atoms with van der Waals surface area (Å²) in [7, 11) is 2.19. The number of ketones is 2. The first kappa shape index (κ1) is 22.6. The van der Waals surface area contributed by atoms with E-state index in [1.165, 1.54) is 0 Å². The van der Waals surface area contributed by atoms with Crippen LogP contribution in [-0.4, -0.2) is 11.6 Å². The van der Waals surface area contributed by atoms with E-state index in [9.17, 15) is 9.59 Å². The smallest absolute Gasteiger partial charge is 0.193 e. The van der Waals surface area contributed by atoms with Gasteiger partial charge in [-0.2, -0.15) is 0 Å². The summed E-state index contributed by atoms with van der Waals surface area (Å²) in [5.41, 5.74) is 5.17. The van der Waals surface area contributed by atoms with Gasteiger partial charge < -0.3 is 4.52 Å². The number of benzene rings is 4. The number of hydrogen-bond donors (Lipinski definition) is 0. The highest BCUT2D eigenvalue weighted by Gasteiger charge is 2.18. The third-order valence-electron chi connectivity index (χ3n) is 5.68. The molecule has 0 fully saturated rings. The van der Waals surface area contributed by atoms with Crippen LogP contribution in [0.4, 0.5) is 0 Å². The van der Waals surface area contributed by atoms with Crippen molar-refractivity contribution in [1.82, 2.24) is 0 Å².